The molecule has 152 valence electrons. The third-order valence-corrected chi connectivity index (χ3v) is 5.26. The van der Waals surface area contributed by atoms with E-state index in [0.29, 0.717) is 35.6 Å². The minimum atomic E-state index is -0.245. The molecule has 1 fully saturated rings. The van der Waals surface area contributed by atoms with Gasteiger partial charge in [0.15, 0.2) is 5.82 Å². The summed E-state index contributed by atoms with van der Waals surface area (Å²) in [6.45, 7) is 0.334. The number of hydrogen-bond donors (Lipinski definition) is 2. The first kappa shape index (κ1) is 21.1. The Morgan fingerprint density at radius 3 is 2.66 bits per heavy atom. The number of aromatic nitrogens is 1. The molecule has 29 heavy (non-hydrogen) atoms. The second kappa shape index (κ2) is 10.8. The van der Waals surface area contributed by atoms with E-state index < -0.39 is 0 Å². The van der Waals surface area contributed by atoms with Gasteiger partial charge >= 0.3 is 0 Å². The number of nitriles is 1. The van der Waals surface area contributed by atoms with Gasteiger partial charge in [-0.25, -0.2) is 4.98 Å². The van der Waals surface area contributed by atoms with Crippen LogP contribution in [0.3, 0.4) is 0 Å². The van der Waals surface area contributed by atoms with E-state index >= 15 is 0 Å². The minimum absolute atomic E-state index is 0.0454. The van der Waals surface area contributed by atoms with Crippen molar-refractivity contribution in [3.8, 4) is 6.07 Å². The molecule has 0 atom stereocenters. The largest absolute Gasteiger partial charge is 0.367 e. The van der Waals surface area contributed by atoms with Crippen molar-refractivity contribution < 1.29 is 9.53 Å². The van der Waals surface area contributed by atoms with Crippen LogP contribution in [0, 0.1) is 17.2 Å². The van der Waals surface area contributed by atoms with E-state index in [2.05, 4.69) is 21.7 Å². The van der Waals surface area contributed by atoms with Crippen molar-refractivity contribution in [2.45, 2.75) is 44.8 Å². The molecule has 1 saturated carbocycles. The zero-order chi connectivity index (χ0) is 20.5. The summed E-state index contributed by atoms with van der Waals surface area (Å²) >= 11 is 6.06. The maximum atomic E-state index is 12.3. The molecule has 1 amide bonds. The molecule has 1 aromatic heterocycles. The third-order valence-electron chi connectivity index (χ3n) is 5.05. The molecule has 1 aliphatic carbocycles. The van der Waals surface area contributed by atoms with E-state index in [1.54, 1.807) is 12.1 Å². The fourth-order valence-corrected chi connectivity index (χ4v) is 3.65. The van der Waals surface area contributed by atoms with Crippen LogP contribution in [0.15, 0.2) is 42.5 Å². The van der Waals surface area contributed by atoms with Crippen LogP contribution >= 0.6 is 11.6 Å². The molecule has 0 saturated heterocycles. The average molecular weight is 413 g/mol. The highest BCUT2D eigenvalue weighted by molar-refractivity contribution is 6.29. The van der Waals surface area contributed by atoms with Gasteiger partial charge in [0.2, 0.25) is 5.91 Å². The zero-order valence-electron chi connectivity index (χ0n) is 16.2. The van der Waals surface area contributed by atoms with Crippen molar-refractivity contribution in [3.63, 3.8) is 0 Å². The number of amides is 1. The standard InChI is InChI=1S/C22H25ClN4O2/c23-20-11-10-19(26-21(28)15-29-14-17-4-2-1-3-5-17)22(27-20)25-18-8-6-16(7-9-18)12-13-24/h1-5,10-11,16,18H,6-9,12,14-15H2,(H,25,27)(H,26,28)/t16-,18-. The van der Waals surface area contributed by atoms with E-state index in [-0.39, 0.29) is 18.6 Å². The van der Waals surface area contributed by atoms with Gasteiger partial charge < -0.3 is 15.4 Å². The third kappa shape index (κ3) is 6.74. The van der Waals surface area contributed by atoms with Gasteiger partial charge in [-0.15, -0.1) is 0 Å². The second-order valence-electron chi connectivity index (χ2n) is 7.28. The number of nitrogens with zero attached hydrogens (tertiary/aromatic N) is 2. The number of carbonyl (C=O) groups is 1. The molecule has 7 heteroatoms. The maximum absolute atomic E-state index is 12.3. The molecule has 0 spiro atoms. The summed E-state index contributed by atoms with van der Waals surface area (Å²) in [6, 6.07) is 15.6. The summed E-state index contributed by atoms with van der Waals surface area (Å²) in [4.78, 5) is 16.6. The van der Waals surface area contributed by atoms with Crippen molar-refractivity contribution in [1.82, 2.24) is 4.98 Å². The Balaban J connectivity index is 1.53. The SMILES string of the molecule is N#CC[C@H]1CC[C@H](Nc2nc(Cl)ccc2NC(=O)COCc2ccccc2)CC1. The van der Waals surface area contributed by atoms with Crippen LogP contribution in [0.5, 0.6) is 0 Å². The Labute approximate surface area is 176 Å². The lowest BCUT2D eigenvalue weighted by molar-refractivity contribution is -0.121. The number of pyridine rings is 1. The van der Waals surface area contributed by atoms with Crippen molar-refractivity contribution in [2.75, 3.05) is 17.2 Å². The summed E-state index contributed by atoms with van der Waals surface area (Å²) in [7, 11) is 0. The summed E-state index contributed by atoms with van der Waals surface area (Å²) in [5.41, 5.74) is 1.60. The number of carbonyl (C=O) groups excluding carboxylic acids is 1. The highest BCUT2D eigenvalue weighted by atomic mass is 35.5. The summed E-state index contributed by atoms with van der Waals surface area (Å²) < 4.78 is 5.50. The Kier molecular flexibility index (Phi) is 7.85. The Hall–Kier alpha value is -2.62. The number of halogens is 1. The molecule has 1 aliphatic rings. The van der Waals surface area contributed by atoms with E-state index in [9.17, 15) is 4.79 Å². The molecule has 6 nitrogen and oxygen atoms in total. The number of benzene rings is 1. The Bertz CT molecular complexity index is 846. The van der Waals surface area contributed by atoms with Gasteiger partial charge in [0.05, 0.1) is 18.4 Å². The number of rotatable bonds is 8. The van der Waals surface area contributed by atoms with E-state index in [1.165, 1.54) is 0 Å². The highest BCUT2D eigenvalue weighted by Crippen LogP contribution is 2.30. The lowest BCUT2D eigenvalue weighted by atomic mass is 9.84. The molecular formula is C22H25ClN4O2. The lowest BCUT2D eigenvalue weighted by Gasteiger charge is -2.28. The molecule has 0 aliphatic heterocycles. The average Bonchev–Trinajstić information content (AvgIpc) is 2.72. The Morgan fingerprint density at radius 2 is 1.93 bits per heavy atom. The second-order valence-corrected chi connectivity index (χ2v) is 7.67. The van der Waals surface area contributed by atoms with Gasteiger partial charge in [0.1, 0.15) is 11.8 Å². The van der Waals surface area contributed by atoms with Gasteiger partial charge in [-0.2, -0.15) is 5.26 Å². The molecule has 0 unspecified atom stereocenters. The number of ether oxygens (including phenoxy) is 1. The van der Waals surface area contributed by atoms with Gasteiger partial charge in [0.25, 0.3) is 0 Å². The summed E-state index contributed by atoms with van der Waals surface area (Å²) in [5.74, 6) is 0.801. The van der Waals surface area contributed by atoms with Crippen molar-refractivity contribution in [2.24, 2.45) is 5.92 Å². The smallest absolute Gasteiger partial charge is 0.250 e. The van der Waals surface area contributed by atoms with Crippen LogP contribution in [-0.2, 0) is 16.1 Å². The van der Waals surface area contributed by atoms with Crippen molar-refractivity contribution >= 4 is 29.0 Å². The monoisotopic (exact) mass is 412 g/mol. The molecule has 0 radical (unpaired) electrons. The van der Waals surface area contributed by atoms with Crippen molar-refractivity contribution in [1.29, 1.82) is 5.26 Å². The number of hydrogen-bond acceptors (Lipinski definition) is 5. The van der Waals surface area contributed by atoms with Crippen LogP contribution in [0.4, 0.5) is 11.5 Å². The first-order chi connectivity index (χ1) is 14.1. The zero-order valence-corrected chi connectivity index (χ0v) is 17.0. The quantitative estimate of drug-likeness (QED) is 0.609. The van der Waals surface area contributed by atoms with Gasteiger partial charge in [0, 0.05) is 12.5 Å². The van der Waals surface area contributed by atoms with E-state index in [1.807, 2.05) is 30.3 Å². The molecule has 1 heterocycles. The lowest BCUT2D eigenvalue weighted by Crippen LogP contribution is -2.27. The minimum Gasteiger partial charge on any atom is -0.367 e. The molecule has 3 rings (SSSR count). The van der Waals surface area contributed by atoms with Crippen LogP contribution < -0.4 is 10.6 Å². The highest BCUT2D eigenvalue weighted by Gasteiger charge is 2.22. The van der Waals surface area contributed by atoms with Gasteiger partial charge in [-0.1, -0.05) is 41.9 Å². The van der Waals surface area contributed by atoms with Crippen LogP contribution in [0.1, 0.15) is 37.7 Å². The maximum Gasteiger partial charge on any atom is 0.250 e. The molecule has 2 aromatic rings. The van der Waals surface area contributed by atoms with E-state index in [0.717, 1.165) is 31.2 Å². The topological polar surface area (TPSA) is 87.0 Å². The fourth-order valence-electron chi connectivity index (χ4n) is 3.50. The molecule has 2 N–H and O–H groups in total. The molecular weight excluding hydrogens is 388 g/mol. The van der Waals surface area contributed by atoms with E-state index in [4.69, 9.17) is 21.6 Å². The Morgan fingerprint density at radius 1 is 1.17 bits per heavy atom. The molecule has 0 bridgehead atoms. The van der Waals surface area contributed by atoms with Crippen LogP contribution in [0.2, 0.25) is 5.15 Å². The first-order valence-corrected chi connectivity index (χ1v) is 10.2. The predicted molar refractivity (Wildman–Crippen MR) is 114 cm³/mol. The predicted octanol–water partition coefficient (Wildman–Crippen LogP) is 4.77. The summed E-state index contributed by atoms with van der Waals surface area (Å²) in [5, 5.41) is 15.5. The van der Waals surface area contributed by atoms with Crippen LogP contribution in [-0.4, -0.2) is 23.5 Å². The normalized spacial score (nSPS) is 18.6. The molecule has 1 aromatic carbocycles. The number of anilines is 2. The van der Waals surface area contributed by atoms with Crippen molar-refractivity contribution in [3.05, 3.63) is 53.2 Å². The fraction of sp³-hybridized carbons (Fsp3) is 0.409. The number of nitrogens with one attached hydrogen (secondary N) is 2. The first-order valence-electron chi connectivity index (χ1n) is 9.85. The van der Waals surface area contributed by atoms with Gasteiger partial charge in [-0.05, 0) is 49.3 Å². The van der Waals surface area contributed by atoms with Crippen LogP contribution in [0.25, 0.3) is 0 Å². The van der Waals surface area contributed by atoms with Gasteiger partial charge in [-0.3, -0.25) is 4.79 Å². The summed E-state index contributed by atoms with van der Waals surface area (Å²) in [6.07, 6.45) is 4.58.